The Hall–Kier alpha value is -2.63. The summed E-state index contributed by atoms with van der Waals surface area (Å²) in [5.41, 5.74) is 3.23. The van der Waals surface area contributed by atoms with Crippen LogP contribution in [-0.4, -0.2) is 19.7 Å². The first-order valence-corrected chi connectivity index (χ1v) is 8.66. The Morgan fingerprint density at radius 1 is 1.24 bits per heavy atom. The van der Waals surface area contributed by atoms with E-state index in [1.165, 1.54) is 37.5 Å². The van der Waals surface area contributed by atoms with Gasteiger partial charge in [0.15, 0.2) is 0 Å². The molecule has 1 fully saturated rings. The molecule has 1 aliphatic carbocycles. The summed E-state index contributed by atoms with van der Waals surface area (Å²) in [5, 5.41) is 14.7. The standard InChI is InChI=1S/C19H20FN3O2/c1-11-18(12-5-3-2-4-6-12)19-21-17(25)10-15(23(19)22-11)14-8-7-13(20)9-16(14)24/h7-10,12,24H,2-6H2,1H3,(H,21,25). The molecule has 6 heteroatoms. The molecule has 2 aromatic heterocycles. The minimum Gasteiger partial charge on any atom is -0.507 e. The Bertz CT molecular complexity index is 1000. The van der Waals surface area contributed by atoms with Gasteiger partial charge in [-0.3, -0.25) is 4.79 Å². The van der Waals surface area contributed by atoms with E-state index in [9.17, 15) is 14.3 Å². The molecule has 5 nitrogen and oxygen atoms in total. The van der Waals surface area contributed by atoms with Crippen molar-refractivity contribution in [2.75, 3.05) is 0 Å². The fourth-order valence-electron chi connectivity index (χ4n) is 3.97. The van der Waals surface area contributed by atoms with Gasteiger partial charge in [-0.1, -0.05) is 19.3 Å². The van der Waals surface area contributed by atoms with E-state index in [0.29, 0.717) is 22.8 Å². The smallest absolute Gasteiger partial charge is 0.251 e. The Balaban J connectivity index is 1.96. The molecule has 0 atom stereocenters. The van der Waals surface area contributed by atoms with Crippen molar-refractivity contribution in [2.24, 2.45) is 0 Å². The van der Waals surface area contributed by atoms with Crippen molar-refractivity contribution in [3.8, 4) is 17.0 Å². The van der Waals surface area contributed by atoms with Crippen LogP contribution in [0.15, 0.2) is 29.1 Å². The Kier molecular flexibility index (Phi) is 3.82. The van der Waals surface area contributed by atoms with Gasteiger partial charge >= 0.3 is 0 Å². The number of nitrogens with one attached hydrogen (secondary N) is 1. The SMILES string of the molecule is Cc1nn2c(-c3ccc(F)cc3O)cc(=O)[nH]c2c1C1CCCCC1. The number of fused-ring (bicyclic) bond motifs is 1. The summed E-state index contributed by atoms with van der Waals surface area (Å²) < 4.78 is 15.0. The maximum absolute atomic E-state index is 13.3. The summed E-state index contributed by atoms with van der Waals surface area (Å²) in [4.78, 5) is 15.2. The third-order valence-electron chi connectivity index (χ3n) is 5.09. The van der Waals surface area contributed by atoms with Crippen LogP contribution >= 0.6 is 0 Å². The number of rotatable bonds is 2. The molecule has 2 N–H and O–H groups in total. The van der Waals surface area contributed by atoms with Crippen LogP contribution in [0.2, 0.25) is 0 Å². The van der Waals surface area contributed by atoms with Crippen molar-refractivity contribution in [3.63, 3.8) is 0 Å². The lowest BCUT2D eigenvalue weighted by Crippen LogP contribution is -2.12. The number of aromatic amines is 1. The maximum Gasteiger partial charge on any atom is 0.251 e. The zero-order valence-corrected chi connectivity index (χ0v) is 14.1. The number of benzene rings is 1. The zero-order valence-electron chi connectivity index (χ0n) is 14.1. The van der Waals surface area contributed by atoms with Gasteiger partial charge < -0.3 is 10.1 Å². The Labute approximate surface area is 144 Å². The highest BCUT2D eigenvalue weighted by molar-refractivity contribution is 5.70. The van der Waals surface area contributed by atoms with Crippen LogP contribution in [0.3, 0.4) is 0 Å². The molecule has 130 valence electrons. The quantitative estimate of drug-likeness (QED) is 0.743. The lowest BCUT2D eigenvalue weighted by atomic mass is 9.84. The highest BCUT2D eigenvalue weighted by atomic mass is 19.1. The molecule has 0 aliphatic heterocycles. The molecular formula is C19H20FN3O2. The summed E-state index contributed by atoms with van der Waals surface area (Å²) in [6.07, 6.45) is 5.81. The number of H-pyrrole nitrogens is 1. The fraction of sp³-hybridized carbons (Fsp3) is 0.368. The highest BCUT2D eigenvalue weighted by Gasteiger charge is 2.24. The number of phenolic OH excluding ortho intramolecular Hbond substituents is 1. The predicted octanol–water partition coefficient (Wildman–Crippen LogP) is 3.89. The summed E-state index contributed by atoms with van der Waals surface area (Å²) in [6, 6.07) is 5.16. The van der Waals surface area contributed by atoms with E-state index < -0.39 is 5.82 Å². The van der Waals surface area contributed by atoms with Crippen LogP contribution < -0.4 is 5.56 Å². The van der Waals surface area contributed by atoms with Crippen LogP contribution in [0.4, 0.5) is 4.39 Å². The van der Waals surface area contributed by atoms with Crippen LogP contribution in [0.25, 0.3) is 16.9 Å². The molecule has 0 bridgehead atoms. The van der Waals surface area contributed by atoms with Gasteiger partial charge in [0.2, 0.25) is 0 Å². The number of aromatic nitrogens is 3. The van der Waals surface area contributed by atoms with Crippen LogP contribution in [0.1, 0.15) is 49.3 Å². The normalized spacial score (nSPS) is 15.8. The van der Waals surface area contributed by atoms with Crippen molar-refractivity contribution in [1.29, 1.82) is 0 Å². The number of hydrogen-bond acceptors (Lipinski definition) is 3. The lowest BCUT2D eigenvalue weighted by molar-refractivity contribution is 0.444. The third-order valence-corrected chi connectivity index (χ3v) is 5.09. The monoisotopic (exact) mass is 341 g/mol. The molecule has 3 aromatic rings. The molecule has 0 amide bonds. The molecule has 0 unspecified atom stereocenters. The van der Waals surface area contributed by atoms with Crippen molar-refractivity contribution < 1.29 is 9.50 Å². The average molecular weight is 341 g/mol. The second-order valence-electron chi connectivity index (χ2n) is 6.77. The van der Waals surface area contributed by atoms with Crippen LogP contribution in [0.5, 0.6) is 5.75 Å². The number of hydrogen-bond donors (Lipinski definition) is 2. The van der Waals surface area contributed by atoms with Gasteiger partial charge in [0, 0.05) is 23.3 Å². The number of aryl methyl sites for hydroxylation is 1. The second kappa shape index (κ2) is 6.02. The lowest BCUT2D eigenvalue weighted by Gasteiger charge is -2.21. The van der Waals surface area contributed by atoms with E-state index in [4.69, 9.17) is 0 Å². The molecule has 0 spiro atoms. The van der Waals surface area contributed by atoms with Crippen molar-refractivity contribution in [2.45, 2.75) is 44.9 Å². The first-order valence-electron chi connectivity index (χ1n) is 8.66. The molecule has 1 aromatic carbocycles. The number of halogens is 1. The average Bonchev–Trinajstić information content (AvgIpc) is 2.91. The first kappa shape index (κ1) is 15.9. The van der Waals surface area contributed by atoms with Gasteiger partial charge in [0.1, 0.15) is 17.2 Å². The molecule has 1 aliphatic rings. The van der Waals surface area contributed by atoms with Gasteiger partial charge in [-0.15, -0.1) is 0 Å². The predicted molar refractivity (Wildman–Crippen MR) is 93.4 cm³/mol. The molecule has 0 saturated heterocycles. The van der Waals surface area contributed by atoms with Gasteiger partial charge in [0.05, 0.1) is 11.4 Å². The fourth-order valence-corrected chi connectivity index (χ4v) is 3.97. The van der Waals surface area contributed by atoms with Gasteiger partial charge in [-0.25, -0.2) is 8.91 Å². The molecule has 0 radical (unpaired) electrons. The topological polar surface area (TPSA) is 70.4 Å². The third kappa shape index (κ3) is 2.71. The zero-order chi connectivity index (χ0) is 17.6. The number of nitrogens with zero attached hydrogens (tertiary/aromatic N) is 2. The van der Waals surface area contributed by atoms with E-state index in [-0.39, 0.29) is 11.3 Å². The number of aromatic hydroxyl groups is 1. The highest BCUT2D eigenvalue weighted by Crippen LogP contribution is 2.37. The van der Waals surface area contributed by atoms with E-state index in [2.05, 4.69) is 10.1 Å². The molecule has 2 heterocycles. The van der Waals surface area contributed by atoms with Gasteiger partial charge in [-0.05, 0) is 37.8 Å². The Morgan fingerprint density at radius 2 is 2.00 bits per heavy atom. The molecule has 1 saturated carbocycles. The van der Waals surface area contributed by atoms with Crippen molar-refractivity contribution in [3.05, 3.63) is 51.7 Å². The van der Waals surface area contributed by atoms with Crippen molar-refractivity contribution >= 4 is 5.65 Å². The van der Waals surface area contributed by atoms with Crippen LogP contribution in [0, 0.1) is 12.7 Å². The summed E-state index contributed by atoms with van der Waals surface area (Å²) in [5.74, 6) is -0.347. The van der Waals surface area contributed by atoms with E-state index >= 15 is 0 Å². The largest absolute Gasteiger partial charge is 0.507 e. The van der Waals surface area contributed by atoms with E-state index in [0.717, 1.165) is 30.2 Å². The molecule has 25 heavy (non-hydrogen) atoms. The minimum atomic E-state index is -0.526. The van der Waals surface area contributed by atoms with Crippen molar-refractivity contribution in [1.82, 2.24) is 14.6 Å². The summed E-state index contributed by atoms with van der Waals surface area (Å²) >= 11 is 0. The molecular weight excluding hydrogens is 321 g/mol. The second-order valence-corrected chi connectivity index (χ2v) is 6.77. The van der Waals surface area contributed by atoms with Crippen LogP contribution in [-0.2, 0) is 0 Å². The molecule has 4 rings (SSSR count). The first-order chi connectivity index (χ1) is 12.0. The van der Waals surface area contributed by atoms with Gasteiger partial charge in [0.25, 0.3) is 5.56 Å². The summed E-state index contributed by atoms with van der Waals surface area (Å²) in [6.45, 7) is 1.95. The van der Waals surface area contributed by atoms with Gasteiger partial charge in [-0.2, -0.15) is 5.10 Å². The minimum absolute atomic E-state index is 0.209. The Morgan fingerprint density at radius 3 is 2.72 bits per heavy atom. The van der Waals surface area contributed by atoms with E-state index in [1.54, 1.807) is 4.52 Å². The van der Waals surface area contributed by atoms with E-state index in [1.807, 2.05) is 6.92 Å². The summed E-state index contributed by atoms with van der Waals surface area (Å²) in [7, 11) is 0. The number of phenols is 1. The maximum atomic E-state index is 13.3.